The van der Waals surface area contributed by atoms with E-state index in [1.54, 1.807) is 27.7 Å². The van der Waals surface area contributed by atoms with Crippen LogP contribution in [0.2, 0.25) is 0 Å². The molecule has 0 saturated heterocycles. The van der Waals surface area contributed by atoms with E-state index in [4.69, 9.17) is 9.84 Å². The number of hydrogen-bond acceptors (Lipinski definition) is 4. The van der Waals surface area contributed by atoms with Crippen LogP contribution in [0.25, 0.3) is 0 Å². The summed E-state index contributed by atoms with van der Waals surface area (Å²) >= 11 is 0. The minimum Gasteiger partial charge on any atom is -0.481 e. The molecule has 0 saturated carbocycles. The molecule has 0 aromatic rings. The third kappa shape index (κ3) is 8.06. The van der Waals surface area contributed by atoms with Gasteiger partial charge in [0.2, 0.25) is 0 Å². The fourth-order valence-electron chi connectivity index (χ4n) is 1.57. The van der Waals surface area contributed by atoms with Gasteiger partial charge >= 0.3 is 11.9 Å². The molecule has 2 unspecified atom stereocenters. The van der Waals surface area contributed by atoms with E-state index >= 15 is 0 Å². The van der Waals surface area contributed by atoms with Gasteiger partial charge in [0.25, 0.3) is 0 Å². The van der Waals surface area contributed by atoms with Crippen LogP contribution >= 0.6 is 0 Å². The molecule has 0 spiro atoms. The second-order valence-electron chi connectivity index (χ2n) is 5.52. The third-order valence-electron chi connectivity index (χ3n) is 2.45. The summed E-state index contributed by atoms with van der Waals surface area (Å²) in [6.07, 6.45) is 0.827. The monoisotopic (exact) mass is 260 g/mol. The van der Waals surface area contributed by atoms with Crippen LogP contribution in [-0.2, 0) is 14.3 Å². The van der Waals surface area contributed by atoms with Crippen molar-refractivity contribution in [2.24, 2.45) is 5.92 Å². The summed E-state index contributed by atoms with van der Waals surface area (Å²) in [4.78, 5) is 22.2. The van der Waals surface area contributed by atoms with Gasteiger partial charge in [-0.2, -0.15) is 0 Å². The van der Waals surface area contributed by atoms with Crippen molar-refractivity contribution in [1.82, 2.24) is 0 Å². The molecule has 0 rings (SSSR count). The van der Waals surface area contributed by atoms with Crippen molar-refractivity contribution in [3.63, 3.8) is 0 Å². The molecule has 0 aliphatic carbocycles. The largest absolute Gasteiger partial charge is 0.481 e. The molecule has 0 bridgehead atoms. The SMILES string of the molecule is CC(O)C(CCCCC(=O)O)C(=O)OC(C)(C)C. The van der Waals surface area contributed by atoms with Crippen LogP contribution in [0.1, 0.15) is 53.4 Å². The van der Waals surface area contributed by atoms with E-state index in [0.717, 1.165) is 0 Å². The van der Waals surface area contributed by atoms with Crippen molar-refractivity contribution in [1.29, 1.82) is 0 Å². The van der Waals surface area contributed by atoms with Crippen LogP contribution < -0.4 is 0 Å². The zero-order valence-electron chi connectivity index (χ0n) is 11.6. The van der Waals surface area contributed by atoms with E-state index in [1.165, 1.54) is 0 Å². The maximum Gasteiger partial charge on any atom is 0.312 e. The van der Waals surface area contributed by atoms with Crippen molar-refractivity contribution in [2.45, 2.75) is 65.1 Å². The number of unbranched alkanes of at least 4 members (excludes halogenated alkanes) is 1. The predicted molar refractivity (Wildman–Crippen MR) is 67.1 cm³/mol. The third-order valence-corrected chi connectivity index (χ3v) is 2.45. The van der Waals surface area contributed by atoms with E-state index in [-0.39, 0.29) is 6.42 Å². The summed E-state index contributed by atoms with van der Waals surface area (Å²) in [5, 5.41) is 18.1. The fraction of sp³-hybridized carbons (Fsp3) is 0.846. The number of aliphatic hydroxyl groups excluding tert-OH is 1. The van der Waals surface area contributed by atoms with Gasteiger partial charge in [-0.25, -0.2) is 0 Å². The van der Waals surface area contributed by atoms with Crippen LogP contribution in [0.15, 0.2) is 0 Å². The van der Waals surface area contributed by atoms with Gasteiger partial charge in [0.15, 0.2) is 0 Å². The van der Waals surface area contributed by atoms with Gasteiger partial charge in [-0.3, -0.25) is 9.59 Å². The molecule has 106 valence electrons. The van der Waals surface area contributed by atoms with Crippen LogP contribution in [-0.4, -0.2) is 33.9 Å². The van der Waals surface area contributed by atoms with Crippen LogP contribution in [0, 0.1) is 5.92 Å². The smallest absolute Gasteiger partial charge is 0.312 e. The summed E-state index contributed by atoms with van der Waals surface area (Å²) in [5.74, 6) is -1.85. The lowest BCUT2D eigenvalue weighted by molar-refractivity contribution is -0.164. The Bertz CT molecular complexity index is 278. The number of carboxylic acid groups (broad SMARTS) is 1. The second-order valence-corrected chi connectivity index (χ2v) is 5.52. The van der Waals surface area contributed by atoms with Gasteiger partial charge < -0.3 is 14.9 Å². The first-order valence-electron chi connectivity index (χ1n) is 6.26. The van der Waals surface area contributed by atoms with Crippen molar-refractivity contribution < 1.29 is 24.5 Å². The molecule has 18 heavy (non-hydrogen) atoms. The first kappa shape index (κ1) is 16.9. The maximum atomic E-state index is 11.8. The number of esters is 1. The molecule has 2 N–H and O–H groups in total. The number of carbonyl (C=O) groups excluding carboxylic acids is 1. The average molecular weight is 260 g/mol. The Labute approximate surface area is 108 Å². The Hall–Kier alpha value is -1.10. The minimum atomic E-state index is -0.846. The molecule has 0 aromatic heterocycles. The maximum absolute atomic E-state index is 11.8. The van der Waals surface area contributed by atoms with E-state index in [1.807, 2.05) is 0 Å². The number of aliphatic carboxylic acids is 1. The highest BCUT2D eigenvalue weighted by Crippen LogP contribution is 2.19. The van der Waals surface area contributed by atoms with Crippen LogP contribution in [0.3, 0.4) is 0 Å². The lowest BCUT2D eigenvalue weighted by Gasteiger charge is -2.25. The minimum absolute atomic E-state index is 0.0842. The quantitative estimate of drug-likeness (QED) is 0.540. The first-order chi connectivity index (χ1) is 8.13. The molecule has 0 aliphatic heterocycles. The van der Waals surface area contributed by atoms with Crippen LogP contribution in [0.5, 0.6) is 0 Å². The molecule has 2 atom stereocenters. The topological polar surface area (TPSA) is 83.8 Å². The van der Waals surface area contributed by atoms with E-state index in [9.17, 15) is 14.7 Å². The molecular weight excluding hydrogens is 236 g/mol. The standard InChI is InChI=1S/C13H24O5/c1-9(14)10(7-5-6-8-11(15)16)12(17)18-13(2,3)4/h9-10,14H,5-8H2,1-4H3,(H,15,16). The lowest BCUT2D eigenvalue weighted by atomic mass is 9.96. The molecule has 0 fully saturated rings. The van der Waals surface area contributed by atoms with Gasteiger partial charge in [0.1, 0.15) is 5.60 Å². The number of carboxylic acids is 1. The summed E-state index contributed by atoms with van der Waals surface area (Å²) in [6.45, 7) is 6.86. The summed E-state index contributed by atoms with van der Waals surface area (Å²) < 4.78 is 5.22. The molecular formula is C13H24O5. The molecule has 0 amide bonds. The molecule has 0 radical (unpaired) electrons. The number of hydrogen-bond donors (Lipinski definition) is 2. The molecule has 5 heteroatoms. The predicted octanol–water partition coefficient (Wildman–Crippen LogP) is 1.97. The highest BCUT2D eigenvalue weighted by molar-refractivity contribution is 5.73. The number of aliphatic hydroxyl groups is 1. The summed E-state index contributed by atoms with van der Waals surface area (Å²) in [5.41, 5.74) is -0.578. The van der Waals surface area contributed by atoms with Gasteiger partial charge in [0, 0.05) is 6.42 Å². The Kier molecular flexibility index (Phi) is 6.91. The Morgan fingerprint density at radius 3 is 2.17 bits per heavy atom. The second kappa shape index (κ2) is 7.36. The van der Waals surface area contributed by atoms with E-state index in [2.05, 4.69) is 0 Å². The van der Waals surface area contributed by atoms with Crippen molar-refractivity contribution >= 4 is 11.9 Å². The van der Waals surface area contributed by atoms with Gasteiger partial charge in [-0.05, 0) is 40.5 Å². The van der Waals surface area contributed by atoms with E-state index < -0.39 is 29.6 Å². The highest BCUT2D eigenvalue weighted by atomic mass is 16.6. The molecule has 0 aliphatic rings. The number of rotatable bonds is 7. The van der Waals surface area contributed by atoms with Crippen molar-refractivity contribution in [3.05, 3.63) is 0 Å². The zero-order valence-corrected chi connectivity index (χ0v) is 11.6. The van der Waals surface area contributed by atoms with Crippen molar-refractivity contribution in [3.8, 4) is 0 Å². The Morgan fingerprint density at radius 2 is 1.78 bits per heavy atom. The molecule has 5 nitrogen and oxygen atoms in total. The summed E-state index contributed by atoms with van der Waals surface area (Å²) in [7, 11) is 0. The molecule has 0 heterocycles. The average Bonchev–Trinajstić information content (AvgIpc) is 2.12. The molecule has 0 aromatic carbocycles. The normalized spacial score (nSPS) is 14.9. The highest BCUT2D eigenvalue weighted by Gasteiger charge is 2.28. The first-order valence-corrected chi connectivity index (χ1v) is 6.26. The van der Waals surface area contributed by atoms with Crippen LogP contribution in [0.4, 0.5) is 0 Å². The Balaban J connectivity index is 4.22. The number of carbonyl (C=O) groups is 2. The zero-order chi connectivity index (χ0) is 14.3. The van der Waals surface area contributed by atoms with Gasteiger partial charge in [-0.15, -0.1) is 0 Å². The van der Waals surface area contributed by atoms with Gasteiger partial charge in [-0.1, -0.05) is 6.42 Å². The summed E-state index contributed by atoms with van der Waals surface area (Å²) in [6, 6.07) is 0. The fourth-order valence-corrected chi connectivity index (χ4v) is 1.57. The Morgan fingerprint density at radius 1 is 1.22 bits per heavy atom. The number of ether oxygens (including phenoxy) is 1. The van der Waals surface area contributed by atoms with Gasteiger partial charge in [0.05, 0.1) is 12.0 Å². The lowest BCUT2D eigenvalue weighted by Crippen LogP contribution is -2.33. The van der Waals surface area contributed by atoms with Crippen molar-refractivity contribution in [2.75, 3.05) is 0 Å². The van der Waals surface area contributed by atoms with E-state index in [0.29, 0.717) is 19.3 Å².